The number of nitrogens with one attached hydrogen (secondary N) is 1. The van der Waals surface area contributed by atoms with Gasteiger partial charge in [0.2, 0.25) is 5.91 Å². The van der Waals surface area contributed by atoms with Crippen LogP contribution in [0.2, 0.25) is 0 Å². The molecule has 0 saturated carbocycles. The van der Waals surface area contributed by atoms with E-state index < -0.39 is 0 Å². The number of carbonyl (C=O) groups is 2. The summed E-state index contributed by atoms with van der Waals surface area (Å²) in [4.78, 5) is 26.3. The standard InChI is InChI=1S/C15H18N2O3/c18-14-8-11-4-1-2-6-13(11)15(19)17(14)12-5-3-7-16-10-20-9-12/h1-2,4,6,12,16H,3,5,7-10H2. The molecule has 1 unspecified atom stereocenters. The molecule has 1 aromatic rings. The van der Waals surface area contributed by atoms with Gasteiger partial charge in [0.05, 0.1) is 25.8 Å². The Morgan fingerprint density at radius 1 is 1.25 bits per heavy atom. The average molecular weight is 274 g/mol. The van der Waals surface area contributed by atoms with Crippen molar-refractivity contribution in [3.05, 3.63) is 35.4 Å². The van der Waals surface area contributed by atoms with E-state index in [1.54, 1.807) is 6.07 Å². The lowest BCUT2D eigenvalue weighted by Crippen LogP contribution is -2.51. The summed E-state index contributed by atoms with van der Waals surface area (Å²) < 4.78 is 5.47. The summed E-state index contributed by atoms with van der Waals surface area (Å²) in [6.07, 6.45) is 2.02. The lowest BCUT2D eigenvalue weighted by Gasteiger charge is -2.34. The van der Waals surface area contributed by atoms with Gasteiger partial charge in [-0.05, 0) is 31.0 Å². The smallest absolute Gasteiger partial charge is 0.261 e. The van der Waals surface area contributed by atoms with Crippen LogP contribution in [0.15, 0.2) is 24.3 Å². The van der Waals surface area contributed by atoms with Gasteiger partial charge in [-0.3, -0.25) is 19.8 Å². The second-order valence-electron chi connectivity index (χ2n) is 5.21. The molecule has 0 spiro atoms. The number of ether oxygens (including phenoxy) is 1. The van der Waals surface area contributed by atoms with Gasteiger partial charge in [-0.15, -0.1) is 0 Å². The number of carbonyl (C=O) groups excluding carboxylic acids is 2. The van der Waals surface area contributed by atoms with Gasteiger partial charge in [-0.25, -0.2) is 0 Å². The van der Waals surface area contributed by atoms with Gasteiger partial charge >= 0.3 is 0 Å². The van der Waals surface area contributed by atoms with Crippen LogP contribution in [0.25, 0.3) is 0 Å². The van der Waals surface area contributed by atoms with E-state index in [0.29, 0.717) is 25.3 Å². The largest absolute Gasteiger partial charge is 0.364 e. The summed E-state index contributed by atoms with van der Waals surface area (Å²) in [5.41, 5.74) is 1.47. The van der Waals surface area contributed by atoms with Crippen LogP contribution >= 0.6 is 0 Å². The maximum atomic E-state index is 12.6. The number of fused-ring (bicyclic) bond motifs is 1. The number of imide groups is 1. The highest BCUT2D eigenvalue weighted by Crippen LogP contribution is 2.23. The quantitative estimate of drug-likeness (QED) is 0.774. The van der Waals surface area contributed by atoms with Gasteiger partial charge < -0.3 is 4.74 Å². The van der Waals surface area contributed by atoms with Crippen molar-refractivity contribution in [2.24, 2.45) is 0 Å². The molecule has 106 valence electrons. The van der Waals surface area contributed by atoms with E-state index in [1.807, 2.05) is 18.2 Å². The third-order valence-electron chi connectivity index (χ3n) is 3.85. The highest BCUT2D eigenvalue weighted by atomic mass is 16.5. The minimum absolute atomic E-state index is 0.115. The summed E-state index contributed by atoms with van der Waals surface area (Å²) in [5.74, 6) is -0.296. The summed E-state index contributed by atoms with van der Waals surface area (Å²) in [5, 5.41) is 3.14. The van der Waals surface area contributed by atoms with Crippen molar-refractivity contribution in [2.75, 3.05) is 19.9 Å². The highest BCUT2D eigenvalue weighted by Gasteiger charge is 2.35. The van der Waals surface area contributed by atoms with Crippen molar-refractivity contribution in [1.82, 2.24) is 10.2 Å². The lowest BCUT2D eigenvalue weighted by molar-refractivity contribution is -0.131. The van der Waals surface area contributed by atoms with E-state index in [9.17, 15) is 9.59 Å². The zero-order valence-corrected chi connectivity index (χ0v) is 11.3. The van der Waals surface area contributed by atoms with Gasteiger partial charge in [0.1, 0.15) is 0 Å². The molecule has 2 heterocycles. The Kier molecular flexibility index (Phi) is 3.80. The van der Waals surface area contributed by atoms with Crippen LogP contribution in [0.1, 0.15) is 28.8 Å². The summed E-state index contributed by atoms with van der Waals surface area (Å²) in [7, 11) is 0. The molecular weight excluding hydrogens is 256 g/mol. The molecule has 3 rings (SSSR count). The predicted octanol–water partition coefficient (Wildman–Crippen LogP) is 0.938. The first-order valence-electron chi connectivity index (χ1n) is 7.00. The second kappa shape index (κ2) is 5.73. The molecule has 0 aliphatic carbocycles. The maximum Gasteiger partial charge on any atom is 0.261 e. The van der Waals surface area contributed by atoms with Crippen molar-refractivity contribution in [2.45, 2.75) is 25.3 Å². The Balaban J connectivity index is 1.85. The number of nitrogens with zero attached hydrogens (tertiary/aromatic N) is 1. The fourth-order valence-corrected chi connectivity index (χ4v) is 2.83. The Morgan fingerprint density at radius 2 is 2.10 bits per heavy atom. The molecule has 1 N–H and O–H groups in total. The van der Waals surface area contributed by atoms with Crippen LogP contribution in [-0.4, -0.2) is 42.6 Å². The van der Waals surface area contributed by atoms with Crippen molar-refractivity contribution in [3.63, 3.8) is 0 Å². The van der Waals surface area contributed by atoms with Gasteiger partial charge in [0.25, 0.3) is 5.91 Å². The number of benzene rings is 1. The molecule has 1 aromatic carbocycles. The SMILES string of the molecule is O=C1Cc2ccccc2C(=O)N1C1CCCNCOC1. The minimum atomic E-state index is -0.181. The first-order chi connectivity index (χ1) is 9.77. The average Bonchev–Trinajstić information content (AvgIpc) is 2.40. The molecule has 1 atom stereocenters. The minimum Gasteiger partial charge on any atom is -0.364 e. The normalized spacial score (nSPS) is 24.0. The molecule has 2 aliphatic rings. The van der Waals surface area contributed by atoms with Crippen LogP contribution in [0.5, 0.6) is 0 Å². The first-order valence-corrected chi connectivity index (χ1v) is 7.00. The van der Waals surface area contributed by atoms with Crippen molar-refractivity contribution < 1.29 is 14.3 Å². The molecule has 0 radical (unpaired) electrons. The molecule has 1 saturated heterocycles. The van der Waals surface area contributed by atoms with E-state index in [2.05, 4.69) is 5.32 Å². The summed E-state index contributed by atoms with van der Waals surface area (Å²) in [6.45, 7) is 1.74. The number of hydrogen-bond acceptors (Lipinski definition) is 4. The first kappa shape index (κ1) is 13.3. The van der Waals surface area contributed by atoms with Crippen LogP contribution in [0, 0.1) is 0 Å². The summed E-state index contributed by atoms with van der Waals surface area (Å²) in [6, 6.07) is 7.19. The van der Waals surface area contributed by atoms with Crippen LogP contribution in [0.3, 0.4) is 0 Å². The van der Waals surface area contributed by atoms with Crippen molar-refractivity contribution in [1.29, 1.82) is 0 Å². The molecule has 20 heavy (non-hydrogen) atoms. The Hall–Kier alpha value is -1.72. The van der Waals surface area contributed by atoms with E-state index >= 15 is 0 Å². The Morgan fingerprint density at radius 3 is 3.00 bits per heavy atom. The molecule has 0 bridgehead atoms. The van der Waals surface area contributed by atoms with Gasteiger partial charge in [-0.1, -0.05) is 18.2 Å². The molecule has 2 amide bonds. The molecule has 1 fully saturated rings. The van der Waals surface area contributed by atoms with E-state index in [4.69, 9.17) is 4.74 Å². The fourth-order valence-electron chi connectivity index (χ4n) is 2.83. The molecule has 5 nitrogen and oxygen atoms in total. The maximum absolute atomic E-state index is 12.6. The zero-order chi connectivity index (χ0) is 13.9. The van der Waals surface area contributed by atoms with Gasteiger partial charge in [0.15, 0.2) is 0 Å². The molecule has 2 aliphatic heterocycles. The highest BCUT2D eigenvalue weighted by molar-refractivity contribution is 6.09. The fraction of sp³-hybridized carbons (Fsp3) is 0.467. The van der Waals surface area contributed by atoms with E-state index in [-0.39, 0.29) is 17.9 Å². The van der Waals surface area contributed by atoms with Crippen molar-refractivity contribution >= 4 is 11.8 Å². The third-order valence-corrected chi connectivity index (χ3v) is 3.85. The molecule has 5 heteroatoms. The number of rotatable bonds is 1. The topological polar surface area (TPSA) is 58.6 Å². The van der Waals surface area contributed by atoms with Crippen molar-refractivity contribution in [3.8, 4) is 0 Å². The molecule has 0 aromatic heterocycles. The van der Waals surface area contributed by atoms with Crippen LogP contribution < -0.4 is 5.32 Å². The van der Waals surface area contributed by atoms with Gasteiger partial charge in [-0.2, -0.15) is 0 Å². The summed E-state index contributed by atoms with van der Waals surface area (Å²) >= 11 is 0. The third kappa shape index (κ3) is 2.46. The number of hydrogen-bond donors (Lipinski definition) is 1. The Labute approximate surface area is 117 Å². The number of amides is 2. The van der Waals surface area contributed by atoms with Gasteiger partial charge in [0, 0.05) is 5.56 Å². The zero-order valence-electron chi connectivity index (χ0n) is 11.3. The predicted molar refractivity (Wildman–Crippen MR) is 73.2 cm³/mol. The Bertz CT molecular complexity index is 522. The van der Waals surface area contributed by atoms with Crippen LogP contribution in [-0.2, 0) is 16.0 Å². The monoisotopic (exact) mass is 274 g/mol. The molecular formula is C15H18N2O3. The lowest BCUT2D eigenvalue weighted by atomic mass is 9.96. The van der Waals surface area contributed by atoms with Crippen LogP contribution in [0.4, 0.5) is 0 Å². The second-order valence-corrected chi connectivity index (χ2v) is 5.21. The van der Waals surface area contributed by atoms with E-state index in [1.165, 1.54) is 4.90 Å². The van der Waals surface area contributed by atoms with E-state index in [0.717, 1.165) is 24.9 Å².